The van der Waals surface area contributed by atoms with Gasteiger partial charge in [-0.25, -0.2) is 4.79 Å². The van der Waals surface area contributed by atoms with Gasteiger partial charge in [-0.3, -0.25) is 82.6 Å². The predicted molar refractivity (Wildman–Crippen MR) is 377 cm³/mol. The highest BCUT2D eigenvalue weighted by Crippen LogP contribution is 2.32. The molecule has 0 aromatic rings. The minimum atomic E-state index is -1.89. The van der Waals surface area contributed by atoms with Crippen LogP contribution in [0.4, 0.5) is 4.79 Å². The molecule has 4 fully saturated rings. The van der Waals surface area contributed by atoms with Gasteiger partial charge >= 0.3 is 6.03 Å². The molecule has 0 aromatic heterocycles. The maximum atomic E-state index is 15.2. The number of aliphatic hydroxyl groups is 2. The van der Waals surface area contributed by atoms with Crippen molar-refractivity contribution in [2.45, 2.75) is 236 Å². The van der Waals surface area contributed by atoms with Gasteiger partial charge in [0.2, 0.25) is 70.9 Å². The van der Waals surface area contributed by atoms with Gasteiger partial charge in [-0.2, -0.15) is 0 Å². The molecule has 4 heterocycles. The Balaban J connectivity index is 1.75. The number of ketones is 1. The molecule has 39 heteroatoms. The van der Waals surface area contributed by atoms with Crippen molar-refractivity contribution in [3.8, 4) is 0 Å². The van der Waals surface area contributed by atoms with E-state index in [9.17, 15) is 77.3 Å². The maximum absolute atomic E-state index is 15.2. The second-order valence-corrected chi connectivity index (χ2v) is 29.4. The number of Topliss-reactive ketones (excluding diaryl/α,β-unsaturated/α-hetero) is 1. The normalized spacial score (nSPS) is 25.1. The van der Waals surface area contributed by atoms with Gasteiger partial charge in [0, 0.05) is 26.2 Å². The van der Waals surface area contributed by atoms with Crippen LogP contribution in [0.3, 0.4) is 0 Å². The molecule has 0 radical (unpaired) electrons. The highest BCUT2D eigenvalue weighted by atomic mass is 33.1. The smallest absolute Gasteiger partial charge is 0.322 e. The molecule has 4 aliphatic heterocycles. The van der Waals surface area contributed by atoms with E-state index < -0.39 is 215 Å². The largest absolute Gasteiger partial charge is 0.394 e. The number of imide groups is 1. The highest BCUT2D eigenvalue weighted by Gasteiger charge is 2.47. The van der Waals surface area contributed by atoms with Gasteiger partial charge < -0.3 is 101 Å². The van der Waals surface area contributed by atoms with Crippen LogP contribution in [-0.2, 0) is 71.9 Å². The Morgan fingerprint density at radius 3 is 1.84 bits per heavy atom. The zero-order chi connectivity index (χ0) is 77.3. The van der Waals surface area contributed by atoms with E-state index in [0.29, 0.717) is 40.9 Å². The van der Waals surface area contributed by atoms with Crippen molar-refractivity contribution < 1.29 is 86.9 Å². The summed E-state index contributed by atoms with van der Waals surface area (Å²) in [6, 6.07) is -17.9. The average Bonchev–Trinajstić information content (AvgIpc) is 1.69. The summed E-state index contributed by atoms with van der Waals surface area (Å²) in [5.41, 5.74) is 17.0. The summed E-state index contributed by atoms with van der Waals surface area (Å²) in [5.74, 6) is -16.3. The number of fused-ring (bicyclic) bond motifs is 1. The van der Waals surface area contributed by atoms with Crippen molar-refractivity contribution in [2.75, 3.05) is 39.4 Å². The Labute approximate surface area is 606 Å². The SMILES string of the molecule is CC[C@H](C)[C@@H]1NC(=O)[C@H](C)NC(=O)NC(=O)C[C@@H](C(N)=O)NC(=O)[C@@H]2CCCN2C(=O)[C@H]([C@@H](C)CC)NC(=O)[C@@H](NC(=O)[C@@H](NC(=O)[C@@H]2CCCN2C(=O)[C@@H]2CCCN2C(=O)[C@H](CC(C)C)NC(=O)[C@H](CO)NC(=O)[C@@H](N)CCCNC(=N)N)[C@@H](C)CC)SS[C@@H](C(=O)N[C@@H](CO)C(C)=O)NC1=O. The molecule has 4 aliphatic rings. The van der Waals surface area contributed by atoms with E-state index in [2.05, 4.69) is 58.5 Å². The summed E-state index contributed by atoms with van der Waals surface area (Å²) >= 11 is 0. The van der Waals surface area contributed by atoms with Crippen LogP contribution in [0.25, 0.3) is 0 Å². The van der Waals surface area contributed by atoms with Crippen LogP contribution in [0, 0.1) is 29.1 Å². The zero-order valence-corrected chi connectivity index (χ0v) is 61.8. The molecular formula is C64H107N19O18S2. The number of aliphatic hydroxyl groups excluding tert-OH is 2. The fourth-order valence-corrected chi connectivity index (χ4v) is 14.3. The minimum Gasteiger partial charge on any atom is -0.394 e. The monoisotopic (exact) mass is 1490 g/mol. The van der Waals surface area contributed by atoms with E-state index in [1.807, 2.05) is 5.32 Å². The van der Waals surface area contributed by atoms with Gasteiger partial charge in [0.1, 0.15) is 66.5 Å². The molecule has 0 aliphatic carbocycles. The number of nitrogens with one attached hydrogen (secondary N) is 13. The van der Waals surface area contributed by atoms with Crippen molar-refractivity contribution in [3.05, 3.63) is 0 Å². The Bertz CT molecular complexity index is 3100. The van der Waals surface area contributed by atoms with Gasteiger partial charge in [0.15, 0.2) is 22.5 Å². The van der Waals surface area contributed by atoms with Crippen molar-refractivity contribution in [1.29, 1.82) is 5.41 Å². The lowest BCUT2D eigenvalue weighted by Crippen LogP contribution is -2.61. The molecule has 4 rings (SSSR count). The van der Waals surface area contributed by atoms with Crippen LogP contribution in [-0.4, -0.2) is 248 Å². The predicted octanol–water partition coefficient (Wildman–Crippen LogP) is -4.93. The highest BCUT2D eigenvalue weighted by molar-refractivity contribution is 8.77. The summed E-state index contributed by atoms with van der Waals surface area (Å²) in [6.45, 7) is 14.3. The molecule has 16 amide bonds. The summed E-state index contributed by atoms with van der Waals surface area (Å²) in [6.07, 6.45) is 1.54. The number of hydrogen-bond donors (Lipinski definition) is 18. The van der Waals surface area contributed by atoms with Crippen molar-refractivity contribution in [2.24, 2.45) is 40.9 Å². The molecule has 21 N–H and O–H groups in total. The van der Waals surface area contributed by atoms with Crippen LogP contribution in [0.15, 0.2) is 0 Å². The molecule has 0 spiro atoms. The first-order valence-electron chi connectivity index (χ1n) is 35.0. The molecule has 0 unspecified atom stereocenters. The van der Waals surface area contributed by atoms with Gasteiger partial charge in [-0.1, -0.05) is 96.2 Å². The quantitative estimate of drug-likeness (QED) is 0.0151. The van der Waals surface area contributed by atoms with Gasteiger partial charge in [0.25, 0.3) is 11.8 Å². The number of rotatable bonds is 28. The summed E-state index contributed by atoms with van der Waals surface area (Å²) in [7, 11) is 0.914. The van der Waals surface area contributed by atoms with Crippen LogP contribution in [0.1, 0.15) is 153 Å². The number of nitrogens with zero attached hydrogens (tertiary/aromatic N) is 3. The molecule has 4 saturated heterocycles. The fraction of sp³-hybridized carbons (Fsp3) is 0.734. The maximum Gasteiger partial charge on any atom is 0.322 e. The first kappa shape index (κ1) is 87.0. The lowest BCUT2D eigenvalue weighted by Gasteiger charge is -2.34. The van der Waals surface area contributed by atoms with E-state index in [1.165, 1.54) is 16.7 Å². The lowest BCUT2D eigenvalue weighted by molar-refractivity contribution is -0.148. The number of likely N-dealkylation sites (tertiary alicyclic amines) is 2. The van der Waals surface area contributed by atoms with Crippen LogP contribution in [0.5, 0.6) is 0 Å². The van der Waals surface area contributed by atoms with E-state index in [0.717, 1.165) is 11.8 Å². The summed E-state index contributed by atoms with van der Waals surface area (Å²) < 4.78 is 0. The number of amides is 16. The number of carbonyl (C=O) groups is 16. The van der Waals surface area contributed by atoms with E-state index in [-0.39, 0.29) is 95.8 Å². The summed E-state index contributed by atoms with van der Waals surface area (Å²) in [4.78, 5) is 228. The third-order valence-electron chi connectivity index (χ3n) is 18.6. The second kappa shape index (κ2) is 41.8. The standard InChI is InChI=1S/C64H107N19O18S2/c1-11-31(6)45-54(94)79-58(56(96)73-39(28-84)35(10)86)102-103-59(57(97)78-47(33(8)13-3)62(100)82-24-16-19-41(82)52(92)71-37(48(66)88)27-44(87)75-64(101)70-34(9)49(89)76-45)80-55(95)46(32(7)12-2)77-53(93)42-20-15-23-81(42)61(99)43-21-17-25-83(43)60(98)38(26-30(4)5)72-51(91)40(29-85)74-50(90)36(65)18-14-22-69-63(67)68/h30-34,36-43,45-47,58-59,84-85H,11-29,65H2,1-10H3,(H2,66,88)(H,71,92)(H,72,91)(H,73,96)(H,74,90)(H,76,89)(H,77,93)(H,78,97)(H,79,94)(H,80,95)(H4,67,68,69)(H2,70,75,87,101)/t31-,32-,33-,34-,36-,37-,38-,39-,40-,41-,42-,43-,45-,46-,47-,58-,59-/m0/s1. The molecule has 578 valence electrons. The molecule has 0 bridgehead atoms. The van der Waals surface area contributed by atoms with Gasteiger partial charge in [0.05, 0.1) is 25.7 Å². The molecule has 0 saturated carbocycles. The van der Waals surface area contributed by atoms with Crippen molar-refractivity contribution in [1.82, 2.24) is 78.5 Å². The zero-order valence-electron chi connectivity index (χ0n) is 60.1. The molecule has 17 atom stereocenters. The van der Waals surface area contributed by atoms with Crippen molar-refractivity contribution >= 4 is 122 Å². The van der Waals surface area contributed by atoms with Crippen LogP contribution in [0.2, 0.25) is 0 Å². The lowest BCUT2D eigenvalue weighted by atomic mass is 9.97. The molecule has 103 heavy (non-hydrogen) atoms. The molecule has 0 aromatic carbocycles. The number of urea groups is 1. The minimum absolute atomic E-state index is 0.0339. The summed E-state index contributed by atoms with van der Waals surface area (Å²) in [5, 5.41) is 53.7. The Morgan fingerprint density at radius 2 is 1.25 bits per heavy atom. The van der Waals surface area contributed by atoms with Gasteiger partial charge in [-0.15, -0.1) is 0 Å². The Morgan fingerprint density at radius 1 is 0.650 bits per heavy atom. The van der Waals surface area contributed by atoms with E-state index in [4.69, 9.17) is 22.6 Å². The Hall–Kier alpha value is -8.43. The average molecular weight is 1490 g/mol. The number of primary amides is 1. The van der Waals surface area contributed by atoms with E-state index in [1.54, 1.807) is 55.4 Å². The fourth-order valence-electron chi connectivity index (χ4n) is 11.9. The Kier molecular flexibility index (Phi) is 35.3. The first-order valence-corrected chi connectivity index (χ1v) is 37.2. The topological polar surface area (TPSA) is 570 Å². The first-order chi connectivity index (χ1) is 48.5. The number of nitrogens with two attached hydrogens (primary N) is 3. The van der Waals surface area contributed by atoms with Gasteiger partial charge in [-0.05, 0) is 95.3 Å². The second-order valence-electron chi connectivity index (χ2n) is 26.9. The third-order valence-corrected chi connectivity index (χ3v) is 21.3. The van der Waals surface area contributed by atoms with Crippen LogP contribution < -0.4 is 81.0 Å². The number of carbonyl (C=O) groups excluding carboxylic acids is 16. The van der Waals surface area contributed by atoms with Crippen LogP contribution >= 0.6 is 21.6 Å². The number of hydrogen-bond acceptors (Lipinski definition) is 22. The third kappa shape index (κ3) is 25.5. The molecular weight excluding hydrogens is 1390 g/mol. The van der Waals surface area contributed by atoms with Crippen molar-refractivity contribution in [3.63, 3.8) is 0 Å². The number of guanidine groups is 1. The molecule has 37 nitrogen and oxygen atoms in total. The van der Waals surface area contributed by atoms with E-state index >= 15 is 9.59 Å².